The summed E-state index contributed by atoms with van der Waals surface area (Å²) < 4.78 is 5.32. The number of rotatable bonds is 10. The highest BCUT2D eigenvalue weighted by molar-refractivity contribution is 5.88. The largest absolute Gasteiger partial charge is 0.497 e. The van der Waals surface area contributed by atoms with Crippen molar-refractivity contribution in [1.82, 2.24) is 10.2 Å². The van der Waals surface area contributed by atoms with E-state index in [-0.39, 0.29) is 24.3 Å². The zero-order valence-corrected chi connectivity index (χ0v) is 18.8. The van der Waals surface area contributed by atoms with Crippen molar-refractivity contribution in [2.75, 3.05) is 7.11 Å². The first-order valence-corrected chi connectivity index (χ1v) is 10.7. The van der Waals surface area contributed by atoms with Gasteiger partial charge in [-0.1, -0.05) is 55.8 Å². The third kappa shape index (κ3) is 6.61. The van der Waals surface area contributed by atoms with Crippen molar-refractivity contribution in [2.45, 2.75) is 65.6 Å². The highest BCUT2D eigenvalue weighted by Crippen LogP contribution is 2.18. The average molecular weight is 411 g/mol. The Morgan fingerprint density at radius 3 is 2.33 bits per heavy atom. The SMILES string of the molecule is CC[C@@H](C)NC(=O)[C@@H](CC)N(Cc1cccc(OC)c1)C(=O)Cc1ccc(C)cc1. The Balaban J connectivity index is 2.30. The number of carbonyl (C=O) groups is 2. The van der Waals surface area contributed by atoms with Crippen molar-refractivity contribution in [3.05, 3.63) is 65.2 Å². The molecule has 2 aromatic rings. The standard InChI is InChI=1S/C25H34N2O3/c1-6-19(4)26-25(29)23(7-2)27(17-21-9-8-10-22(15-21)30-5)24(28)16-20-13-11-18(3)12-14-20/h8-15,19,23H,6-7,16-17H2,1-5H3,(H,26,29)/t19-,23-/m1/s1. The molecule has 0 aliphatic rings. The van der Waals surface area contributed by atoms with Crippen LogP contribution in [0, 0.1) is 6.92 Å². The molecule has 0 aliphatic heterocycles. The van der Waals surface area contributed by atoms with E-state index in [0.29, 0.717) is 13.0 Å². The molecule has 0 unspecified atom stereocenters. The Kier molecular flexibility index (Phi) is 8.90. The molecule has 162 valence electrons. The van der Waals surface area contributed by atoms with Gasteiger partial charge in [-0.3, -0.25) is 9.59 Å². The van der Waals surface area contributed by atoms with Crippen molar-refractivity contribution in [1.29, 1.82) is 0 Å². The lowest BCUT2D eigenvalue weighted by Gasteiger charge is -2.31. The van der Waals surface area contributed by atoms with Crippen LogP contribution in [-0.2, 0) is 22.6 Å². The molecular formula is C25H34N2O3. The minimum Gasteiger partial charge on any atom is -0.497 e. The Labute approximate surface area is 180 Å². The summed E-state index contributed by atoms with van der Waals surface area (Å²) in [6, 6.07) is 15.1. The second kappa shape index (κ2) is 11.4. The van der Waals surface area contributed by atoms with Crippen LogP contribution in [0.15, 0.2) is 48.5 Å². The smallest absolute Gasteiger partial charge is 0.243 e. The lowest BCUT2D eigenvalue weighted by atomic mass is 10.1. The van der Waals surface area contributed by atoms with Crippen molar-refractivity contribution < 1.29 is 14.3 Å². The maximum absolute atomic E-state index is 13.3. The molecule has 0 spiro atoms. The number of hydrogen-bond donors (Lipinski definition) is 1. The van der Waals surface area contributed by atoms with E-state index in [4.69, 9.17) is 4.74 Å². The molecule has 0 radical (unpaired) electrons. The Bertz CT molecular complexity index is 833. The van der Waals surface area contributed by atoms with Crippen LogP contribution in [0.25, 0.3) is 0 Å². The van der Waals surface area contributed by atoms with Gasteiger partial charge in [-0.25, -0.2) is 0 Å². The second-order valence-electron chi connectivity index (χ2n) is 7.78. The fourth-order valence-electron chi connectivity index (χ4n) is 3.31. The van der Waals surface area contributed by atoms with E-state index in [0.717, 1.165) is 28.9 Å². The van der Waals surface area contributed by atoms with Crippen LogP contribution in [0.3, 0.4) is 0 Å². The van der Waals surface area contributed by atoms with Gasteiger partial charge in [0.25, 0.3) is 0 Å². The van der Waals surface area contributed by atoms with Gasteiger partial charge in [-0.2, -0.15) is 0 Å². The summed E-state index contributed by atoms with van der Waals surface area (Å²) in [4.78, 5) is 28.0. The molecule has 2 atom stereocenters. The lowest BCUT2D eigenvalue weighted by molar-refractivity contribution is -0.141. The van der Waals surface area contributed by atoms with Gasteiger partial charge in [0.2, 0.25) is 11.8 Å². The predicted molar refractivity (Wildman–Crippen MR) is 120 cm³/mol. The topological polar surface area (TPSA) is 58.6 Å². The number of methoxy groups -OCH3 is 1. The zero-order valence-electron chi connectivity index (χ0n) is 18.8. The van der Waals surface area contributed by atoms with E-state index in [2.05, 4.69) is 5.32 Å². The normalized spacial score (nSPS) is 12.7. The Morgan fingerprint density at radius 2 is 1.73 bits per heavy atom. The van der Waals surface area contributed by atoms with Crippen LogP contribution < -0.4 is 10.1 Å². The number of hydrogen-bond acceptors (Lipinski definition) is 3. The second-order valence-corrected chi connectivity index (χ2v) is 7.78. The van der Waals surface area contributed by atoms with Gasteiger partial charge >= 0.3 is 0 Å². The maximum Gasteiger partial charge on any atom is 0.243 e. The van der Waals surface area contributed by atoms with Crippen LogP contribution in [0.1, 0.15) is 50.3 Å². The average Bonchev–Trinajstić information content (AvgIpc) is 2.75. The molecule has 0 bridgehead atoms. The highest BCUT2D eigenvalue weighted by Gasteiger charge is 2.29. The molecule has 0 saturated heterocycles. The monoisotopic (exact) mass is 410 g/mol. The number of carbonyl (C=O) groups excluding carboxylic acids is 2. The number of nitrogens with zero attached hydrogens (tertiary/aromatic N) is 1. The van der Waals surface area contributed by atoms with Gasteiger partial charge in [-0.05, 0) is 49.9 Å². The van der Waals surface area contributed by atoms with Crippen LogP contribution in [0.4, 0.5) is 0 Å². The molecule has 2 rings (SSSR count). The fraction of sp³-hybridized carbons (Fsp3) is 0.440. The molecule has 1 N–H and O–H groups in total. The van der Waals surface area contributed by atoms with Crippen LogP contribution >= 0.6 is 0 Å². The minimum absolute atomic E-state index is 0.0622. The third-order valence-corrected chi connectivity index (χ3v) is 5.35. The summed E-state index contributed by atoms with van der Waals surface area (Å²) in [7, 11) is 1.62. The van der Waals surface area contributed by atoms with Crippen LogP contribution in [0.5, 0.6) is 5.75 Å². The molecule has 0 aliphatic carbocycles. The van der Waals surface area contributed by atoms with E-state index in [9.17, 15) is 9.59 Å². The van der Waals surface area contributed by atoms with E-state index >= 15 is 0 Å². The number of amides is 2. The summed E-state index contributed by atoms with van der Waals surface area (Å²) in [6.45, 7) is 8.33. The van der Waals surface area contributed by atoms with Crippen molar-refractivity contribution in [2.24, 2.45) is 0 Å². The molecule has 5 nitrogen and oxygen atoms in total. The highest BCUT2D eigenvalue weighted by atomic mass is 16.5. The molecule has 0 heterocycles. The molecule has 0 saturated carbocycles. The van der Waals surface area contributed by atoms with Gasteiger partial charge in [-0.15, -0.1) is 0 Å². The number of ether oxygens (including phenoxy) is 1. The summed E-state index contributed by atoms with van der Waals surface area (Å²) in [5, 5.41) is 3.04. The number of aryl methyl sites for hydroxylation is 1. The van der Waals surface area contributed by atoms with E-state index < -0.39 is 6.04 Å². The van der Waals surface area contributed by atoms with Crippen molar-refractivity contribution in [3.8, 4) is 5.75 Å². The molecule has 2 amide bonds. The summed E-state index contributed by atoms with van der Waals surface area (Å²) in [5.74, 6) is 0.565. The van der Waals surface area contributed by atoms with Gasteiger partial charge in [0.15, 0.2) is 0 Å². The maximum atomic E-state index is 13.3. The molecule has 5 heteroatoms. The van der Waals surface area contributed by atoms with E-state index in [1.165, 1.54) is 0 Å². The molecule has 0 aromatic heterocycles. The van der Waals surface area contributed by atoms with Gasteiger partial charge in [0.05, 0.1) is 13.5 Å². The van der Waals surface area contributed by atoms with Crippen molar-refractivity contribution in [3.63, 3.8) is 0 Å². The molecular weight excluding hydrogens is 376 g/mol. The van der Waals surface area contributed by atoms with Crippen LogP contribution in [0.2, 0.25) is 0 Å². The Morgan fingerprint density at radius 1 is 1.03 bits per heavy atom. The summed E-state index contributed by atoms with van der Waals surface area (Å²) in [5.41, 5.74) is 3.03. The van der Waals surface area contributed by atoms with Gasteiger partial charge in [0.1, 0.15) is 11.8 Å². The van der Waals surface area contributed by atoms with Crippen LogP contribution in [-0.4, -0.2) is 35.9 Å². The molecule has 30 heavy (non-hydrogen) atoms. The van der Waals surface area contributed by atoms with Gasteiger partial charge in [0, 0.05) is 12.6 Å². The third-order valence-electron chi connectivity index (χ3n) is 5.35. The number of nitrogens with one attached hydrogen (secondary N) is 1. The number of benzene rings is 2. The van der Waals surface area contributed by atoms with E-state index in [1.54, 1.807) is 12.0 Å². The van der Waals surface area contributed by atoms with Gasteiger partial charge < -0.3 is 15.0 Å². The molecule has 2 aromatic carbocycles. The fourth-order valence-corrected chi connectivity index (χ4v) is 3.31. The van der Waals surface area contributed by atoms with E-state index in [1.807, 2.05) is 76.2 Å². The van der Waals surface area contributed by atoms with Crippen molar-refractivity contribution >= 4 is 11.8 Å². The first-order chi connectivity index (χ1) is 14.4. The predicted octanol–water partition coefficient (Wildman–Crippen LogP) is 4.27. The summed E-state index contributed by atoms with van der Waals surface area (Å²) in [6.07, 6.45) is 1.65. The minimum atomic E-state index is -0.525. The zero-order chi connectivity index (χ0) is 22.1. The Hall–Kier alpha value is -2.82. The molecule has 0 fully saturated rings. The first-order valence-electron chi connectivity index (χ1n) is 10.7. The lowest BCUT2D eigenvalue weighted by Crippen LogP contribution is -2.51. The first kappa shape index (κ1) is 23.5. The quantitative estimate of drug-likeness (QED) is 0.636. The summed E-state index contributed by atoms with van der Waals surface area (Å²) >= 11 is 0.